The Hall–Kier alpha value is -1.22. The zero-order valence-electron chi connectivity index (χ0n) is 6.53. The average Bonchev–Trinajstić information content (AvgIpc) is 2.05. The Morgan fingerprint density at radius 2 is 1.83 bits per heavy atom. The third-order valence-corrected chi connectivity index (χ3v) is 1.01. The molecule has 12 heavy (non-hydrogen) atoms. The van der Waals surface area contributed by atoms with Crippen LogP contribution in [0.15, 0.2) is 30.3 Å². The van der Waals surface area contributed by atoms with Crippen LogP contribution in [0.5, 0.6) is 5.75 Å². The molecule has 0 aliphatic heterocycles. The Morgan fingerprint density at radius 3 is 2.08 bits per heavy atom. The largest absolute Gasteiger partial charge is 0.481 e. The first-order valence-corrected chi connectivity index (χ1v) is 3.51. The molecule has 0 radical (unpaired) electrons. The summed E-state index contributed by atoms with van der Waals surface area (Å²) in [6.07, 6.45) is 0. The monoisotopic (exact) mass is 188 g/mol. The maximum absolute atomic E-state index is 9.00. The van der Waals surface area contributed by atoms with Crippen molar-refractivity contribution in [1.82, 2.24) is 0 Å². The third kappa shape index (κ3) is 6.89. The molecule has 0 spiro atoms. The first-order valence-electron chi connectivity index (χ1n) is 3.20. The van der Waals surface area contributed by atoms with Crippen LogP contribution in [0.2, 0.25) is 0 Å². The molecule has 1 aromatic carbocycles. The van der Waals surface area contributed by atoms with Gasteiger partial charge in [-0.2, -0.15) is 0 Å². The van der Waals surface area contributed by atoms with Gasteiger partial charge in [0.15, 0.2) is 0 Å². The molecule has 4 heteroatoms. The van der Waals surface area contributed by atoms with Crippen LogP contribution in [0.3, 0.4) is 0 Å². The van der Waals surface area contributed by atoms with Crippen molar-refractivity contribution in [2.24, 2.45) is 0 Å². The van der Waals surface area contributed by atoms with Crippen molar-refractivity contribution in [2.45, 2.75) is 6.92 Å². The SMILES string of the molecule is CC(=O)O.ClOc1ccccc1. The lowest BCUT2D eigenvalue weighted by Gasteiger charge is -1.89. The van der Waals surface area contributed by atoms with E-state index in [1.54, 1.807) is 12.1 Å². The van der Waals surface area contributed by atoms with Gasteiger partial charge in [0.2, 0.25) is 0 Å². The van der Waals surface area contributed by atoms with Gasteiger partial charge >= 0.3 is 0 Å². The smallest absolute Gasteiger partial charge is 0.300 e. The second kappa shape index (κ2) is 6.49. The van der Waals surface area contributed by atoms with Crippen LogP contribution in [0.1, 0.15) is 6.92 Å². The van der Waals surface area contributed by atoms with E-state index in [4.69, 9.17) is 21.8 Å². The zero-order chi connectivity index (χ0) is 9.40. The van der Waals surface area contributed by atoms with Gasteiger partial charge in [0, 0.05) is 6.92 Å². The van der Waals surface area contributed by atoms with Gasteiger partial charge in [0.25, 0.3) is 5.97 Å². The molecule has 0 unspecified atom stereocenters. The second-order valence-corrected chi connectivity index (χ2v) is 2.06. The highest BCUT2D eigenvalue weighted by Crippen LogP contribution is 2.08. The van der Waals surface area contributed by atoms with E-state index in [-0.39, 0.29) is 0 Å². The van der Waals surface area contributed by atoms with Crippen molar-refractivity contribution < 1.29 is 14.2 Å². The fourth-order valence-corrected chi connectivity index (χ4v) is 0.575. The fourth-order valence-electron chi connectivity index (χ4n) is 0.472. The quantitative estimate of drug-likeness (QED) is 0.736. The summed E-state index contributed by atoms with van der Waals surface area (Å²) in [5.41, 5.74) is 0. The standard InChI is InChI=1S/C6H5ClO.C2H4O2/c7-8-6-4-2-1-3-5-6;1-2(3)4/h1-5H;1H3,(H,3,4). The zero-order valence-corrected chi connectivity index (χ0v) is 7.28. The molecule has 0 saturated heterocycles. The predicted octanol–water partition coefficient (Wildman–Crippen LogP) is 2.31. The van der Waals surface area contributed by atoms with Gasteiger partial charge < -0.3 is 9.40 Å². The highest BCUT2D eigenvalue weighted by atomic mass is 35.5. The van der Waals surface area contributed by atoms with Gasteiger partial charge in [-0.25, -0.2) is 0 Å². The Balaban J connectivity index is 0.000000261. The molecule has 1 rings (SSSR count). The van der Waals surface area contributed by atoms with E-state index >= 15 is 0 Å². The molecule has 3 nitrogen and oxygen atoms in total. The molecule has 0 bridgehead atoms. The highest BCUT2D eigenvalue weighted by Gasteiger charge is 1.82. The highest BCUT2D eigenvalue weighted by molar-refractivity contribution is 6.09. The fraction of sp³-hybridized carbons (Fsp3) is 0.125. The third-order valence-electron chi connectivity index (χ3n) is 0.832. The molecule has 0 aromatic heterocycles. The number of hydrogen-bond acceptors (Lipinski definition) is 2. The van der Waals surface area contributed by atoms with Gasteiger partial charge in [-0.05, 0) is 12.1 Å². The Morgan fingerprint density at radius 1 is 1.42 bits per heavy atom. The predicted molar refractivity (Wildman–Crippen MR) is 46.2 cm³/mol. The van der Waals surface area contributed by atoms with Gasteiger partial charge in [-0.15, -0.1) is 0 Å². The number of carboxylic acid groups (broad SMARTS) is 1. The summed E-state index contributed by atoms with van der Waals surface area (Å²) in [4.78, 5) is 9.00. The number of hydrogen-bond donors (Lipinski definition) is 1. The van der Waals surface area contributed by atoms with Crippen molar-refractivity contribution in [3.8, 4) is 5.75 Å². The maximum Gasteiger partial charge on any atom is 0.300 e. The van der Waals surface area contributed by atoms with Crippen LogP contribution < -0.4 is 4.29 Å². The van der Waals surface area contributed by atoms with E-state index in [9.17, 15) is 0 Å². The topological polar surface area (TPSA) is 46.5 Å². The summed E-state index contributed by atoms with van der Waals surface area (Å²) < 4.78 is 4.39. The van der Waals surface area contributed by atoms with Gasteiger partial charge in [0.1, 0.15) is 17.6 Å². The van der Waals surface area contributed by atoms with Crippen LogP contribution in [0, 0.1) is 0 Å². The van der Waals surface area contributed by atoms with Crippen LogP contribution in [0.25, 0.3) is 0 Å². The molecule has 66 valence electrons. The van der Waals surface area contributed by atoms with Gasteiger partial charge in [-0.1, -0.05) is 18.2 Å². The van der Waals surface area contributed by atoms with Crippen molar-refractivity contribution in [1.29, 1.82) is 0 Å². The Bertz CT molecular complexity index is 219. The number of carbonyl (C=O) groups is 1. The molecule has 0 amide bonds. The summed E-state index contributed by atoms with van der Waals surface area (Å²) in [6.45, 7) is 1.08. The molecule has 0 aliphatic carbocycles. The molecule has 0 heterocycles. The lowest BCUT2D eigenvalue weighted by molar-refractivity contribution is -0.134. The minimum Gasteiger partial charge on any atom is -0.481 e. The molecule has 0 saturated carbocycles. The Kier molecular flexibility index (Phi) is 5.83. The first-order chi connectivity index (χ1) is 5.66. The molecule has 1 aromatic rings. The molecule has 0 atom stereocenters. The van der Waals surface area contributed by atoms with E-state index in [2.05, 4.69) is 4.29 Å². The van der Waals surface area contributed by atoms with Gasteiger partial charge in [-0.3, -0.25) is 4.79 Å². The summed E-state index contributed by atoms with van der Waals surface area (Å²) in [5, 5.41) is 7.42. The average molecular weight is 189 g/mol. The van der Waals surface area contributed by atoms with Crippen molar-refractivity contribution >= 4 is 17.8 Å². The number of rotatable bonds is 1. The van der Waals surface area contributed by atoms with E-state index in [0.29, 0.717) is 5.75 Å². The molecular formula is C8H9ClO3. The van der Waals surface area contributed by atoms with Gasteiger partial charge in [0.05, 0.1) is 0 Å². The van der Waals surface area contributed by atoms with Crippen LogP contribution in [-0.2, 0) is 4.79 Å². The van der Waals surface area contributed by atoms with E-state index in [0.717, 1.165) is 6.92 Å². The molecule has 0 fully saturated rings. The van der Waals surface area contributed by atoms with Crippen molar-refractivity contribution in [3.63, 3.8) is 0 Å². The minimum absolute atomic E-state index is 0.675. The number of aliphatic carboxylic acids is 1. The summed E-state index contributed by atoms with van der Waals surface area (Å²) >= 11 is 5.03. The normalized spacial score (nSPS) is 7.83. The second-order valence-electron chi connectivity index (χ2n) is 1.91. The first kappa shape index (κ1) is 10.8. The summed E-state index contributed by atoms with van der Waals surface area (Å²) in [5.74, 6) is -0.158. The summed E-state index contributed by atoms with van der Waals surface area (Å²) in [7, 11) is 0. The number of benzene rings is 1. The lowest BCUT2D eigenvalue weighted by Crippen LogP contribution is -1.78. The van der Waals surface area contributed by atoms with E-state index in [1.807, 2.05) is 18.2 Å². The number of para-hydroxylation sites is 1. The summed E-state index contributed by atoms with van der Waals surface area (Å²) in [6, 6.07) is 9.19. The van der Waals surface area contributed by atoms with Crippen molar-refractivity contribution in [3.05, 3.63) is 30.3 Å². The molecule has 0 aliphatic rings. The van der Waals surface area contributed by atoms with Crippen molar-refractivity contribution in [2.75, 3.05) is 0 Å². The minimum atomic E-state index is -0.833. The Labute approximate surface area is 75.7 Å². The van der Waals surface area contributed by atoms with Crippen LogP contribution in [0.4, 0.5) is 0 Å². The number of carboxylic acids is 1. The number of halogens is 1. The van der Waals surface area contributed by atoms with E-state index in [1.165, 1.54) is 0 Å². The lowest BCUT2D eigenvalue weighted by atomic mass is 10.3. The molecule has 1 N–H and O–H groups in total. The maximum atomic E-state index is 9.00. The van der Waals surface area contributed by atoms with Crippen LogP contribution >= 0.6 is 11.9 Å². The van der Waals surface area contributed by atoms with E-state index < -0.39 is 5.97 Å². The van der Waals surface area contributed by atoms with Crippen LogP contribution in [-0.4, -0.2) is 11.1 Å². The molecular weight excluding hydrogens is 180 g/mol.